The van der Waals surface area contributed by atoms with Crippen molar-refractivity contribution in [3.05, 3.63) is 108 Å². The van der Waals surface area contributed by atoms with Gasteiger partial charge in [0.25, 0.3) is 0 Å². The second kappa shape index (κ2) is 11.3. The van der Waals surface area contributed by atoms with Gasteiger partial charge >= 0.3 is 0 Å². The summed E-state index contributed by atoms with van der Waals surface area (Å²) in [4.78, 5) is 12.9. The van der Waals surface area contributed by atoms with Crippen LogP contribution in [0.3, 0.4) is 0 Å². The molecule has 0 unspecified atom stereocenters. The van der Waals surface area contributed by atoms with Crippen molar-refractivity contribution in [2.24, 2.45) is 0 Å². The Labute approximate surface area is 219 Å². The van der Waals surface area contributed by atoms with Crippen molar-refractivity contribution < 1.29 is 23.7 Å². The molecule has 0 saturated carbocycles. The molecule has 1 aromatic heterocycles. The summed E-state index contributed by atoms with van der Waals surface area (Å²) in [5.41, 5.74) is 2.78. The zero-order valence-corrected chi connectivity index (χ0v) is 21.4. The first-order chi connectivity index (χ1) is 18.1. The molecule has 5 rings (SSSR count). The number of hydrogen-bond donors (Lipinski definition) is 0. The number of carbonyl (C=O) groups excluding carboxylic acids is 1. The number of Topliss-reactive ketones (excluding diaryl/α,β-unsaturated/α-hetero) is 1. The van der Waals surface area contributed by atoms with Crippen molar-refractivity contribution >= 4 is 27.2 Å². The van der Waals surface area contributed by atoms with Gasteiger partial charge in [-0.25, -0.2) is 0 Å². The molecule has 0 radical (unpaired) electrons. The molecule has 0 saturated heterocycles. The summed E-state index contributed by atoms with van der Waals surface area (Å²) in [5, 5.41) is 0.953. The average molecular weight is 511 g/mol. The Bertz CT molecular complexity index is 1490. The van der Waals surface area contributed by atoms with E-state index < -0.39 is 0 Å². The maximum Gasteiger partial charge on any atom is 0.188 e. The van der Waals surface area contributed by atoms with E-state index in [9.17, 15) is 4.79 Å². The van der Waals surface area contributed by atoms with Crippen molar-refractivity contribution in [2.75, 3.05) is 13.9 Å². The van der Waals surface area contributed by atoms with Crippen LogP contribution in [-0.2, 0) is 11.3 Å². The van der Waals surface area contributed by atoms with Crippen molar-refractivity contribution in [1.29, 1.82) is 0 Å². The highest BCUT2D eigenvalue weighted by Crippen LogP contribution is 2.47. The Kier molecular flexibility index (Phi) is 7.49. The number of benzene rings is 4. The molecule has 0 bridgehead atoms. The topological polar surface area (TPSA) is 54.0 Å². The number of thiophene rings is 1. The molecule has 0 amide bonds. The zero-order valence-electron chi connectivity index (χ0n) is 20.6. The molecule has 0 aliphatic heterocycles. The molecule has 186 valence electrons. The van der Waals surface area contributed by atoms with Gasteiger partial charge in [-0.15, -0.1) is 11.3 Å². The summed E-state index contributed by atoms with van der Waals surface area (Å²) in [6.07, 6.45) is 0. The predicted molar refractivity (Wildman–Crippen MR) is 147 cm³/mol. The summed E-state index contributed by atoms with van der Waals surface area (Å²) in [6.45, 7) is 2.27. The van der Waals surface area contributed by atoms with E-state index in [4.69, 9.17) is 18.9 Å². The van der Waals surface area contributed by atoms with Crippen LogP contribution in [0, 0.1) is 0 Å². The molecule has 5 aromatic rings. The molecule has 0 spiro atoms. The minimum absolute atomic E-state index is 0.0325. The number of rotatable bonds is 10. The van der Waals surface area contributed by atoms with Gasteiger partial charge in [-0.2, -0.15) is 0 Å². The van der Waals surface area contributed by atoms with Gasteiger partial charge in [-0.3, -0.25) is 4.79 Å². The quantitative estimate of drug-likeness (QED) is 0.140. The first-order valence-electron chi connectivity index (χ1n) is 11.8. The number of fused-ring (bicyclic) bond motifs is 1. The van der Waals surface area contributed by atoms with Crippen molar-refractivity contribution in [1.82, 2.24) is 0 Å². The van der Waals surface area contributed by atoms with E-state index in [1.807, 2.05) is 97.1 Å². The van der Waals surface area contributed by atoms with Gasteiger partial charge in [0, 0.05) is 22.8 Å². The van der Waals surface area contributed by atoms with Crippen LogP contribution in [0.2, 0.25) is 0 Å². The van der Waals surface area contributed by atoms with E-state index in [1.165, 1.54) is 0 Å². The monoisotopic (exact) mass is 510 g/mol. The molecule has 4 aromatic carbocycles. The van der Waals surface area contributed by atoms with Gasteiger partial charge in [0.05, 0.1) is 4.88 Å². The normalized spacial score (nSPS) is 10.9. The molecule has 0 fully saturated rings. The fourth-order valence-electron chi connectivity index (χ4n) is 3.88. The Balaban J connectivity index is 1.43. The summed E-state index contributed by atoms with van der Waals surface area (Å²) in [7, 11) is 1.59. The molecule has 0 N–H and O–H groups in total. The summed E-state index contributed by atoms with van der Waals surface area (Å²) >= 11 is 1.59. The molecule has 6 heteroatoms. The van der Waals surface area contributed by atoms with E-state index in [1.54, 1.807) is 25.4 Å². The molecule has 37 heavy (non-hydrogen) atoms. The van der Waals surface area contributed by atoms with Gasteiger partial charge in [-0.05, 0) is 78.7 Å². The Hall–Kier alpha value is -4.13. The number of hydrogen-bond acceptors (Lipinski definition) is 6. The van der Waals surface area contributed by atoms with Crippen LogP contribution >= 0.6 is 11.3 Å². The van der Waals surface area contributed by atoms with E-state index in [-0.39, 0.29) is 12.6 Å². The molecule has 0 aliphatic carbocycles. The predicted octanol–water partition coefficient (Wildman–Crippen LogP) is 8.12. The summed E-state index contributed by atoms with van der Waals surface area (Å²) in [6, 6.07) is 31.2. The minimum atomic E-state index is 0.0325. The van der Waals surface area contributed by atoms with Gasteiger partial charge in [0.15, 0.2) is 18.3 Å². The second-order valence-corrected chi connectivity index (χ2v) is 9.50. The van der Waals surface area contributed by atoms with Crippen LogP contribution < -0.4 is 14.2 Å². The van der Waals surface area contributed by atoms with Crippen LogP contribution in [0.25, 0.3) is 20.5 Å². The van der Waals surface area contributed by atoms with Gasteiger partial charge in [0.2, 0.25) is 0 Å². The Morgan fingerprint density at radius 1 is 0.784 bits per heavy atom. The molecule has 0 atom stereocenters. The molecule has 0 aliphatic rings. The first kappa shape index (κ1) is 24.6. The van der Waals surface area contributed by atoms with Crippen LogP contribution in [0.15, 0.2) is 97.1 Å². The van der Waals surface area contributed by atoms with Crippen molar-refractivity contribution in [3.63, 3.8) is 0 Å². The number of ketones is 1. The van der Waals surface area contributed by atoms with Crippen LogP contribution in [0.1, 0.15) is 22.8 Å². The lowest BCUT2D eigenvalue weighted by atomic mass is 10.1. The third-order valence-electron chi connectivity index (χ3n) is 5.80. The van der Waals surface area contributed by atoms with E-state index >= 15 is 0 Å². The lowest BCUT2D eigenvalue weighted by Gasteiger charge is -2.11. The number of ether oxygens (including phenoxy) is 4. The van der Waals surface area contributed by atoms with E-state index in [0.717, 1.165) is 43.3 Å². The fourth-order valence-corrected chi connectivity index (χ4v) is 5.05. The minimum Gasteiger partial charge on any atom is -0.489 e. The highest BCUT2D eigenvalue weighted by molar-refractivity contribution is 7.22. The molecular weight excluding hydrogens is 484 g/mol. The van der Waals surface area contributed by atoms with Gasteiger partial charge in [0.1, 0.15) is 23.9 Å². The highest BCUT2D eigenvalue weighted by atomic mass is 32.1. The van der Waals surface area contributed by atoms with Gasteiger partial charge < -0.3 is 18.9 Å². The van der Waals surface area contributed by atoms with Crippen molar-refractivity contribution in [3.8, 4) is 33.4 Å². The molecule has 1 heterocycles. The maximum absolute atomic E-state index is 12.0. The van der Waals surface area contributed by atoms with Crippen molar-refractivity contribution in [2.45, 2.75) is 13.5 Å². The molecule has 5 nitrogen and oxygen atoms in total. The van der Waals surface area contributed by atoms with Crippen LogP contribution in [0.5, 0.6) is 23.0 Å². The summed E-state index contributed by atoms with van der Waals surface area (Å²) in [5.74, 6) is 2.97. The lowest BCUT2D eigenvalue weighted by Crippen LogP contribution is -1.98. The largest absolute Gasteiger partial charge is 0.489 e. The number of carbonyl (C=O) groups is 1. The fraction of sp³-hybridized carbons (Fsp3) is 0.129. The van der Waals surface area contributed by atoms with Gasteiger partial charge in [-0.1, -0.05) is 36.4 Å². The third kappa shape index (κ3) is 5.82. The smallest absolute Gasteiger partial charge is 0.188 e. The maximum atomic E-state index is 12.0. The summed E-state index contributed by atoms with van der Waals surface area (Å²) < 4.78 is 23.9. The molecular formula is C31H26O5S. The van der Waals surface area contributed by atoms with Crippen LogP contribution in [0.4, 0.5) is 0 Å². The van der Waals surface area contributed by atoms with Crippen LogP contribution in [-0.4, -0.2) is 19.7 Å². The number of methoxy groups -OCH3 is 1. The standard InChI is InChI=1S/C31H26O5S/c1-21(32)24-10-17-28-29(18-24)37-31(23-8-11-26(12-9-23)35-20-33-2)30(28)36-27-15-13-25(14-16-27)34-19-22-6-4-3-5-7-22/h3-18H,19-20H2,1-2H3. The SMILES string of the molecule is COCOc1ccc(-c2sc3cc(C(C)=O)ccc3c2Oc2ccc(OCc3ccccc3)cc2)cc1. The average Bonchev–Trinajstić information content (AvgIpc) is 3.29. The second-order valence-electron chi connectivity index (χ2n) is 8.45. The Morgan fingerprint density at radius 3 is 2.16 bits per heavy atom. The van der Waals surface area contributed by atoms with E-state index in [2.05, 4.69) is 0 Å². The lowest BCUT2D eigenvalue weighted by molar-refractivity contribution is 0.0511. The first-order valence-corrected chi connectivity index (χ1v) is 12.7. The highest BCUT2D eigenvalue weighted by Gasteiger charge is 2.18. The Morgan fingerprint density at radius 2 is 1.46 bits per heavy atom. The van der Waals surface area contributed by atoms with E-state index in [0.29, 0.717) is 17.9 Å². The zero-order chi connectivity index (χ0) is 25.6. The third-order valence-corrected chi connectivity index (χ3v) is 6.99.